The molecule has 1 aliphatic carbocycles. The maximum atomic E-state index is 12.4. The molecule has 6 nitrogen and oxygen atoms in total. The highest BCUT2D eigenvalue weighted by molar-refractivity contribution is 5.76. The van der Waals surface area contributed by atoms with Crippen molar-refractivity contribution in [2.75, 3.05) is 13.1 Å². The van der Waals surface area contributed by atoms with E-state index in [1.54, 1.807) is 0 Å². The van der Waals surface area contributed by atoms with Crippen LogP contribution in [0, 0.1) is 17.2 Å². The van der Waals surface area contributed by atoms with Crippen molar-refractivity contribution in [3.63, 3.8) is 0 Å². The van der Waals surface area contributed by atoms with Gasteiger partial charge >= 0.3 is 0 Å². The number of ether oxygens (including phenoxy) is 1. The van der Waals surface area contributed by atoms with Gasteiger partial charge in [-0.3, -0.25) is 4.79 Å². The molecule has 1 aromatic rings. The van der Waals surface area contributed by atoms with E-state index in [1.807, 2.05) is 11.0 Å². The van der Waals surface area contributed by atoms with Crippen LogP contribution in [0.5, 0.6) is 5.88 Å². The van der Waals surface area contributed by atoms with Gasteiger partial charge in [0.15, 0.2) is 0 Å². The molecule has 128 valence electrons. The summed E-state index contributed by atoms with van der Waals surface area (Å²) in [4.78, 5) is 22.3. The molecule has 1 amide bonds. The van der Waals surface area contributed by atoms with Crippen LogP contribution in [0.25, 0.3) is 0 Å². The van der Waals surface area contributed by atoms with E-state index >= 15 is 0 Å². The molecule has 0 unspecified atom stereocenters. The fourth-order valence-electron chi connectivity index (χ4n) is 3.66. The maximum absolute atomic E-state index is 12.4. The van der Waals surface area contributed by atoms with Crippen molar-refractivity contribution < 1.29 is 9.53 Å². The Morgan fingerprint density at radius 1 is 1.25 bits per heavy atom. The molecule has 2 fully saturated rings. The van der Waals surface area contributed by atoms with Crippen molar-refractivity contribution in [1.29, 1.82) is 5.26 Å². The first kappa shape index (κ1) is 16.7. The molecule has 0 aromatic carbocycles. The van der Waals surface area contributed by atoms with Crippen LogP contribution < -0.4 is 4.74 Å². The lowest BCUT2D eigenvalue weighted by Crippen LogP contribution is -2.31. The Kier molecular flexibility index (Phi) is 5.63. The summed E-state index contributed by atoms with van der Waals surface area (Å²) in [7, 11) is 0. The summed E-state index contributed by atoms with van der Waals surface area (Å²) in [5, 5.41) is 9.03. The van der Waals surface area contributed by atoms with Crippen molar-refractivity contribution in [2.24, 2.45) is 5.92 Å². The zero-order valence-electron chi connectivity index (χ0n) is 14.0. The van der Waals surface area contributed by atoms with Crippen LogP contribution in [0.15, 0.2) is 12.4 Å². The molecule has 24 heavy (non-hydrogen) atoms. The van der Waals surface area contributed by atoms with Crippen LogP contribution >= 0.6 is 0 Å². The van der Waals surface area contributed by atoms with Crippen LogP contribution in [0.4, 0.5) is 0 Å². The fraction of sp³-hybridized carbons (Fsp3) is 0.667. The predicted octanol–water partition coefficient (Wildman–Crippen LogP) is 2.69. The van der Waals surface area contributed by atoms with E-state index < -0.39 is 0 Å². The first-order chi connectivity index (χ1) is 11.8. The van der Waals surface area contributed by atoms with Crippen LogP contribution in [0.3, 0.4) is 0 Å². The van der Waals surface area contributed by atoms with Gasteiger partial charge in [-0.1, -0.05) is 32.1 Å². The smallest absolute Gasteiger partial charge is 0.251 e. The average Bonchev–Trinajstić information content (AvgIpc) is 3.10. The second-order valence-corrected chi connectivity index (χ2v) is 6.73. The maximum Gasteiger partial charge on any atom is 0.251 e. The number of carbonyl (C=O) groups excluding carboxylic acids is 1. The average molecular weight is 328 g/mol. The SMILES string of the molecule is N#Cc1nccnc1O[C@H]1CCN(C(=O)CCC2CCCCC2)C1. The van der Waals surface area contributed by atoms with Crippen molar-refractivity contribution in [3.05, 3.63) is 18.1 Å². The number of nitrogens with zero attached hydrogens (tertiary/aromatic N) is 4. The molecule has 0 bridgehead atoms. The summed E-state index contributed by atoms with van der Waals surface area (Å²) in [6, 6.07) is 1.98. The summed E-state index contributed by atoms with van der Waals surface area (Å²) < 4.78 is 5.78. The van der Waals surface area contributed by atoms with E-state index in [0.29, 0.717) is 13.0 Å². The molecule has 6 heteroatoms. The number of rotatable bonds is 5. The predicted molar refractivity (Wildman–Crippen MR) is 88.2 cm³/mol. The first-order valence-corrected chi connectivity index (χ1v) is 8.92. The lowest BCUT2D eigenvalue weighted by atomic mass is 9.86. The quantitative estimate of drug-likeness (QED) is 0.830. The molecule has 3 rings (SSSR count). The van der Waals surface area contributed by atoms with Gasteiger partial charge in [0.2, 0.25) is 11.6 Å². The number of hydrogen-bond donors (Lipinski definition) is 0. The van der Waals surface area contributed by atoms with E-state index in [4.69, 9.17) is 10.00 Å². The fourth-order valence-corrected chi connectivity index (χ4v) is 3.66. The van der Waals surface area contributed by atoms with Gasteiger partial charge < -0.3 is 9.64 Å². The minimum absolute atomic E-state index is 0.104. The van der Waals surface area contributed by atoms with Gasteiger partial charge in [-0.2, -0.15) is 5.26 Å². The van der Waals surface area contributed by atoms with E-state index in [-0.39, 0.29) is 23.6 Å². The van der Waals surface area contributed by atoms with Crippen molar-refractivity contribution in [2.45, 2.75) is 57.5 Å². The van der Waals surface area contributed by atoms with Crippen LogP contribution in [-0.2, 0) is 4.79 Å². The molecule has 1 saturated heterocycles. The third-order valence-electron chi connectivity index (χ3n) is 5.04. The van der Waals surface area contributed by atoms with Gasteiger partial charge in [0.1, 0.15) is 12.2 Å². The minimum Gasteiger partial charge on any atom is -0.470 e. The standard InChI is InChI=1S/C18H24N4O2/c19-12-16-18(21-10-9-20-16)24-15-8-11-22(13-15)17(23)7-6-14-4-2-1-3-5-14/h9-10,14-15H,1-8,11,13H2/t15-/m0/s1. The Morgan fingerprint density at radius 2 is 2.04 bits per heavy atom. The van der Waals surface area contributed by atoms with Gasteiger partial charge in [-0.05, 0) is 12.3 Å². The molecule has 0 spiro atoms. The molecule has 0 radical (unpaired) electrons. The molecule has 2 heterocycles. The first-order valence-electron chi connectivity index (χ1n) is 8.92. The molecule has 1 saturated carbocycles. The van der Waals surface area contributed by atoms with Gasteiger partial charge in [0, 0.05) is 31.8 Å². The molecule has 1 atom stereocenters. The highest BCUT2D eigenvalue weighted by Gasteiger charge is 2.29. The summed E-state index contributed by atoms with van der Waals surface area (Å²) >= 11 is 0. The largest absolute Gasteiger partial charge is 0.470 e. The molecular formula is C18H24N4O2. The Morgan fingerprint density at radius 3 is 2.83 bits per heavy atom. The number of hydrogen-bond acceptors (Lipinski definition) is 5. The highest BCUT2D eigenvalue weighted by atomic mass is 16.5. The summed E-state index contributed by atoms with van der Waals surface area (Å²) in [5.41, 5.74) is 0.194. The molecular weight excluding hydrogens is 304 g/mol. The normalized spacial score (nSPS) is 21.5. The van der Waals surface area contributed by atoms with Crippen molar-refractivity contribution in [1.82, 2.24) is 14.9 Å². The van der Waals surface area contributed by atoms with E-state index in [9.17, 15) is 4.79 Å². The Hall–Kier alpha value is -2.16. The monoisotopic (exact) mass is 328 g/mol. The second kappa shape index (κ2) is 8.09. The van der Waals surface area contributed by atoms with Crippen molar-refractivity contribution in [3.8, 4) is 11.9 Å². The van der Waals surface area contributed by atoms with Gasteiger partial charge in [-0.25, -0.2) is 9.97 Å². The molecule has 1 aromatic heterocycles. The third kappa shape index (κ3) is 4.22. The molecule has 2 aliphatic rings. The van der Waals surface area contributed by atoms with Gasteiger partial charge in [-0.15, -0.1) is 0 Å². The van der Waals surface area contributed by atoms with Gasteiger partial charge in [0.25, 0.3) is 5.88 Å². The van der Waals surface area contributed by atoms with Crippen LogP contribution in [0.1, 0.15) is 57.1 Å². The Balaban J connectivity index is 1.46. The molecule has 0 N–H and O–H groups in total. The van der Waals surface area contributed by atoms with E-state index in [2.05, 4.69) is 9.97 Å². The summed E-state index contributed by atoms with van der Waals surface area (Å²) in [5.74, 6) is 1.22. The number of aromatic nitrogens is 2. The summed E-state index contributed by atoms with van der Waals surface area (Å²) in [6.07, 6.45) is 11.9. The third-order valence-corrected chi connectivity index (χ3v) is 5.04. The zero-order valence-corrected chi connectivity index (χ0v) is 14.0. The summed E-state index contributed by atoms with van der Waals surface area (Å²) in [6.45, 7) is 1.29. The minimum atomic E-state index is -0.104. The lowest BCUT2D eigenvalue weighted by molar-refractivity contribution is -0.130. The van der Waals surface area contributed by atoms with Crippen molar-refractivity contribution >= 4 is 5.91 Å². The number of likely N-dealkylation sites (tertiary alicyclic amines) is 1. The Labute approximate surface area is 142 Å². The van der Waals surface area contributed by atoms with E-state index in [1.165, 1.54) is 44.5 Å². The lowest BCUT2D eigenvalue weighted by Gasteiger charge is -2.22. The molecule has 1 aliphatic heterocycles. The number of nitriles is 1. The second-order valence-electron chi connectivity index (χ2n) is 6.73. The van der Waals surface area contributed by atoms with E-state index in [0.717, 1.165) is 25.3 Å². The highest BCUT2D eigenvalue weighted by Crippen LogP contribution is 2.28. The van der Waals surface area contributed by atoms with Gasteiger partial charge in [0.05, 0.1) is 6.54 Å². The van der Waals surface area contributed by atoms with Crippen LogP contribution in [-0.4, -0.2) is 40.0 Å². The number of carbonyl (C=O) groups is 1. The number of amides is 1. The Bertz CT molecular complexity index is 607. The topological polar surface area (TPSA) is 79.1 Å². The van der Waals surface area contributed by atoms with Crippen LogP contribution in [0.2, 0.25) is 0 Å². The zero-order chi connectivity index (χ0) is 16.8.